The third kappa shape index (κ3) is 2.81. The first-order chi connectivity index (χ1) is 14.0. The maximum atomic E-state index is 13.6. The fourth-order valence-electron chi connectivity index (χ4n) is 4.42. The molecule has 30 heavy (non-hydrogen) atoms. The lowest BCUT2D eigenvalue weighted by Crippen LogP contribution is -2.48. The number of aromatic hydroxyl groups is 1. The highest BCUT2D eigenvalue weighted by Crippen LogP contribution is 2.52. The minimum Gasteiger partial charge on any atom is -0.507 e. The molecule has 3 N–H and O–H groups in total. The van der Waals surface area contributed by atoms with Crippen LogP contribution in [0.2, 0.25) is 0 Å². The molecule has 2 aromatic rings. The molecule has 0 saturated carbocycles. The Hall–Kier alpha value is -2.58. The van der Waals surface area contributed by atoms with Gasteiger partial charge < -0.3 is 20.1 Å². The van der Waals surface area contributed by atoms with Gasteiger partial charge in [0.25, 0.3) is 5.91 Å². The van der Waals surface area contributed by atoms with E-state index in [9.17, 15) is 24.9 Å². The van der Waals surface area contributed by atoms with Crippen molar-refractivity contribution in [1.29, 1.82) is 0 Å². The maximum Gasteiger partial charge on any atom is 0.326 e. The number of halogens is 1. The summed E-state index contributed by atoms with van der Waals surface area (Å²) in [6.07, 6.45) is 0.695. The topological polar surface area (TPSA) is 107 Å². The first-order valence-corrected chi connectivity index (χ1v) is 10.4. The Balaban J connectivity index is 1.96. The molecule has 158 valence electrons. The van der Waals surface area contributed by atoms with E-state index in [0.29, 0.717) is 22.3 Å². The van der Waals surface area contributed by atoms with Crippen LogP contribution < -0.4 is 9.64 Å². The molecule has 2 aliphatic heterocycles. The van der Waals surface area contributed by atoms with Gasteiger partial charge in [0, 0.05) is 28.1 Å². The van der Waals surface area contributed by atoms with Crippen molar-refractivity contribution in [3.8, 4) is 11.5 Å². The van der Waals surface area contributed by atoms with Crippen molar-refractivity contribution in [1.82, 2.24) is 0 Å². The predicted molar refractivity (Wildman–Crippen MR) is 113 cm³/mol. The Morgan fingerprint density at radius 2 is 2.03 bits per heavy atom. The van der Waals surface area contributed by atoms with Crippen molar-refractivity contribution in [2.45, 2.75) is 50.9 Å². The van der Waals surface area contributed by atoms with Gasteiger partial charge in [-0.1, -0.05) is 28.9 Å². The lowest BCUT2D eigenvalue weighted by Gasteiger charge is -2.27. The second-order valence-electron chi connectivity index (χ2n) is 8.30. The lowest BCUT2D eigenvalue weighted by atomic mass is 9.85. The zero-order valence-corrected chi connectivity index (χ0v) is 18.4. The Bertz CT molecular complexity index is 1080. The highest BCUT2D eigenvalue weighted by atomic mass is 79.9. The average molecular weight is 476 g/mol. The van der Waals surface area contributed by atoms with E-state index in [1.165, 1.54) is 6.07 Å². The van der Waals surface area contributed by atoms with Crippen molar-refractivity contribution in [3.05, 3.63) is 51.5 Å². The summed E-state index contributed by atoms with van der Waals surface area (Å²) in [7, 11) is 0. The molecule has 1 amide bonds. The number of phenols is 1. The number of anilines is 1. The van der Waals surface area contributed by atoms with Crippen LogP contribution in [0.25, 0.3) is 0 Å². The summed E-state index contributed by atoms with van der Waals surface area (Å²) in [4.78, 5) is 26.5. The molecule has 0 aliphatic carbocycles. The number of carboxylic acids is 1. The molecule has 0 radical (unpaired) electrons. The van der Waals surface area contributed by atoms with Crippen LogP contribution in [0.5, 0.6) is 11.5 Å². The molecular weight excluding hydrogens is 454 g/mol. The Kier molecular flexibility index (Phi) is 4.63. The minimum atomic E-state index is -2.25. The van der Waals surface area contributed by atoms with Gasteiger partial charge in [0.1, 0.15) is 23.1 Å². The van der Waals surface area contributed by atoms with Gasteiger partial charge >= 0.3 is 5.97 Å². The van der Waals surface area contributed by atoms with E-state index in [1.54, 1.807) is 31.2 Å². The average Bonchev–Trinajstić information content (AvgIpc) is 3.07. The van der Waals surface area contributed by atoms with Crippen molar-refractivity contribution in [3.63, 3.8) is 0 Å². The second-order valence-corrected chi connectivity index (χ2v) is 9.15. The lowest BCUT2D eigenvalue weighted by molar-refractivity contribution is -0.142. The number of carbonyl (C=O) groups excluding carboxylic acids is 1. The number of carboxylic acid groups (broad SMARTS) is 1. The van der Waals surface area contributed by atoms with E-state index in [-0.39, 0.29) is 23.3 Å². The van der Waals surface area contributed by atoms with Crippen LogP contribution >= 0.6 is 15.9 Å². The zero-order chi connectivity index (χ0) is 22.0. The van der Waals surface area contributed by atoms with E-state index < -0.39 is 29.1 Å². The van der Waals surface area contributed by atoms with Gasteiger partial charge in [-0.25, -0.2) is 4.79 Å². The number of ether oxygens (including phenoxy) is 1. The molecular formula is C22H22BrNO6. The molecule has 0 fully saturated rings. The van der Waals surface area contributed by atoms with Crippen molar-refractivity contribution in [2.75, 3.05) is 4.90 Å². The number of fused-ring (bicyclic) bond motifs is 2. The molecule has 2 aromatic carbocycles. The van der Waals surface area contributed by atoms with E-state index in [0.717, 1.165) is 10.5 Å². The molecule has 0 saturated heterocycles. The highest BCUT2D eigenvalue weighted by Gasteiger charge is 2.56. The van der Waals surface area contributed by atoms with Gasteiger partial charge in [0.2, 0.25) is 5.60 Å². The van der Waals surface area contributed by atoms with Crippen LogP contribution in [0.3, 0.4) is 0 Å². The highest BCUT2D eigenvalue weighted by molar-refractivity contribution is 9.10. The summed E-state index contributed by atoms with van der Waals surface area (Å²) in [6, 6.07) is 6.75. The molecule has 2 aliphatic rings. The number of rotatable bonds is 4. The SMILES string of the molecule is CCC(C(=O)O)N1C(=O)C(O)(c2cc3c(cc2O)OC(C)(C)C3)c2c(Br)cccc21. The number of hydrogen-bond donors (Lipinski definition) is 3. The Morgan fingerprint density at radius 3 is 2.67 bits per heavy atom. The first kappa shape index (κ1) is 20.7. The van der Waals surface area contributed by atoms with Crippen molar-refractivity contribution >= 4 is 33.5 Å². The summed E-state index contributed by atoms with van der Waals surface area (Å²) in [6.45, 7) is 5.48. The number of benzene rings is 2. The molecule has 2 atom stereocenters. The summed E-state index contributed by atoms with van der Waals surface area (Å²) < 4.78 is 6.27. The monoisotopic (exact) mass is 475 g/mol. The third-order valence-electron chi connectivity index (χ3n) is 5.70. The van der Waals surface area contributed by atoms with Crippen molar-refractivity contribution < 1.29 is 29.6 Å². The number of carbonyl (C=O) groups is 2. The molecule has 0 aromatic heterocycles. The first-order valence-electron chi connectivity index (χ1n) is 9.64. The molecule has 0 spiro atoms. The zero-order valence-electron chi connectivity index (χ0n) is 16.8. The second kappa shape index (κ2) is 6.72. The summed E-state index contributed by atoms with van der Waals surface area (Å²) in [5, 5.41) is 32.2. The number of aliphatic carboxylic acids is 1. The summed E-state index contributed by atoms with van der Waals surface area (Å²) in [5.74, 6) is -1.79. The van der Waals surface area contributed by atoms with Gasteiger partial charge in [-0.3, -0.25) is 9.69 Å². The number of phenolic OH excluding ortho intramolecular Hbond substituents is 1. The Labute approximate surface area is 182 Å². The summed E-state index contributed by atoms with van der Waals surface area (Å²) in [5.41, 5.74) is -1.46. The predicted octanol–water partition coefficient (Wildman–Crippen LogP) is 3.31. The van der Waals surface area contributed by atoms with Gasteiger partial charge in [-0.05, 0) is 44.0 Å². The number of hydrogen-bond acceptors (Lipinski definition) is 5. The van der Waals surface area contributed by atoms with Gasteiger partial charge in [-0.2, -0.15) is 0 Å². The molecule has 4 rings (SSSR count). The summed E-state index contributed by atoms with van der Waals surface area (Å²) >= 11 is 3.40. The van der Waals surface area contributed by atoms with Crippen LogP contribution in [0.4, 0.5) is 5.69 Å². The fraction of sp³-hybridized carbons (Fsp3) is 0.364. The largest absolute Gasteiger partial charge is 0.507 e. The van der Waals surface area contributed by atoms with E-state index >= 15 is 0 Å². The van der Waals surface area contributed by atoms with Crippen LogP contribution in [-0.4, -0.2) is 38.8 Å². The van der Waals surface area contributed by atoms with Crippen LogP contribution in [0, 0.1) is 0 Å². The molecule has 8 heteroatoms. The minimum absolute atomic E-state index is 0.00319. The van der Waals surface area contributed by atoms with Crippen LogP contribution in [0.1, 0.15) is 43.9 Å². The fourth-order valence-corrected chi connectivity index (χ4v) is 5.06. The van der Waals surface area contributed by atoms with Crippen LogP contribution in [-0.2, 0) is 21.6 Å². The quantitative estimate of drug-likeness (QED) is 0.625. The molecule has 7 nitrogen and oxygen atoms in total. The standard InChI is InChI=1S/C22H22BrNO6/c1-4-14(19(26)27)24-15-7-5-6-13(23)18(15)22(29,20(24)28)12-8-11-10-21(2,3)30-17(11)9-16(12)25/h5-9,14,25,29H,4,10H2,1-3H3,(H,26,27). The van der Waals surface area contributed by atoms with E-state index in [2.05, 4.69) is 15.9 Å². The van der Waals surface area contributed by atoms with E-state index in [4.69, 9.17) is 4.74 Å². The van der Waals surface area contributed by atoms with Gasteiger partial charge in [-0.15, -0.1) is 0 Å². The molecule has 0 bridgehead atoms. The molecule has 2 unspecified atom stereocenters. The number of aliphatic hydroxyl groups is 1. The number of nitrogens with zero attached hydrogens (tertiary/aromatic N) is 1. The third-order valence-corrected chi connectivity index (χ3v) is 6.36. The van der Waals surface area contributed by atoms with Crippen molar-refractivity contribution in [2.24, 2.45) is 0 Å². The smallest absolute Gasteiger partial charge is 0.326 e. The Morgan fingerprint density at radius 1 is 1.33 bits per heavy atom. The van der Waals surface area contributed by atoms with E-state index in [1.807, 2.05) is 13.8 Å². The normalized spacial score (nSPS) is 22.4. The van der Waals surface area contributed by atoms with Gasteiger partial charge in [0.15, 0.2) is 0 Å². The maximum absolute atomic E-state index is 13.6. The van der Waals surface area contributed by atoms with Crippen LogP contribution in [0.15, 0.2) is 34.8 Å². The number of amides is 1. The van der Waals surface area contributed by atoms with Gasteiger partial charge in [0.05, 0.1) is 5.69 Å². The molecule has 2 heterocycles.